The molecule has 0 aromatic carbocycles. The zero-order chi connectivity index (χ0) is 14.1. The van der Waals surface area contributed by atoms with E-state index in [-0.39, 0.29) is 0 Å². The third-order valence-electron chi connectivity index (χ3n) is 5.75. The summed E-state index contributed by atoms with van der Waals surface area (Å²) in [5, 5.41) is 5.04. The molecule has 20 heavy (non-hydrogen) atoms. The van der Waals surface area contributed by atoms with Crippen LogP contribution in [0.2, 0.25) is 0 Å². The number of amidine groups is 1. The smallest absolute Gasteiger partial charge is 0.157 e. The normalized spacial score (nSPS) is 39.1. The van der Waals surface area contributed by atoms with Gasteiger partial charge in [0, 0.05) is 17.8 Å². The maximum absolute atomic E-state index is 4.96. The van der Waals surface area contributed by atoms with E-state index < -0.39 is 0 Å². The van der Waals surface area contributed by atoms with Crippen LogP contribution in [0, 0.1) is 11.3 Å². The largest absolute Gasteiger partial charge is 0.359 e. The molecular weight excluding hydrogens is 264 g/mol. The molecule has 2 aliphatic carbocycles. The monoisotopic (exact) mass is 294 g/mol. The average molecular weight is 295 g/mol. The molecule has 2 nitrogen and oxygen atoms in total. The molecule has 3 aliphatic rings. The lowest BCUT2D eigenvalue weighted by Crippen LogP contribution is -2.46. The molecule has 0 radical (unpaired) electrons. The van der Waals surface area contributed by atoms with Crippen molar-refractivity contribution in [1.82, 2.24) is 5.32 Å². The summed E-state index contributed by atoms with van der Waals surface area (Å²) >= 11 is 1.98. The van der Waals surface area contributed by atoms with Gasteiger partial charge in [0.25, 0.3) is 0 Å². The first-order valence-electron chi connectivity index (χ1n) is 8.55. The van der Waals surface area contributed by atoms with Crippen molar-refractivity contribution in [3.05, 3.63) is 0 Å². The fourth-order valence-corrected chi connectivity index (χ4v) is 5.22. The predicted octanol–water partition coefficient (Wildman–Crippen LogP) is 4.60. The van der Waals surface area contributed by atoms with E-state index in [0.717, 1.165) is 12.5 Å². The number of thioether (sulfide) groups is 1. The van der Waals surface area contributed by atoms with Crippen molar-refractivity contribution in [1.29, 1.82) is 0 Å². The van der Waals surface area contributed by atoms with Gasteiger partial charge < -0.3 is 5.32 Å². The third kappa shape index (κ3) is 3.35. The van der Waals surface area contributed by atoms with Gasteiger partial charge in [0.1, 0.15) is 0 Å². The molecule has 114 valence electrons. The Hall–Kier alpha value is -0.180. The van der Waals surface area contributed by atoms with E-state index in [1.165, 1.54) is 68.7 Å². The van der Waals surface area contributed by atoms with E-state index in [0.29, 0.717) is 11.0 Å². The van der Waals surface area contributed by atoms with Crippen molar-refractivity contribution in [2.45, 2.75) is 77.2 Å². The first-order chi connectivity index (χ1) is 9.59. The minimum atomic E-state index is 0.392. The Morgan fingerprint density at radius 2 is 1.85 bits per heavy atom. The lowest BCUT2D eigenvalue weighted by Gasteiger charge is -2.36. The Morgan fingerprint density at radius 3 is 2.55 bits per heavy atom. The first kappa shape index (κ1) is 14.7. The highest BCUT2D eigenvalue weighted by atomic mass is 32.2. The number of rotatable bonds is 2. The summed E-state index contributed by atoms with van der Waals surface area (Å²) in [7, 11) is 0. The standard InChI is InChI=1S/C17H30N2S/c1-14-6-10-17(11-7-14)13-20-15(19-17)18-12-16(2)8-4-3-5-9-16/h14H,3-13H2,1-2H3,(H,18,19). The van der Waals surface area contributed by atoms with Gasteiger partial charge in [-0.2, -0.15) is 0 Å². The van der Waals surface area contributed by atoms with Gasteiger partial charge in [0.05, 0.1) is 0 Å². The van der Waals surface area contributed by atoms with Crippen molar-refractivity contribution in [3.63, 3.8) is 0 Å². The van der Waals surface area contributed by atoms with Gasteiger partial charge in [0.2, 0.25) is 0 Å². The molecule has 0 bridgehead atoms. The van der Waals surface area contributed by atoms with Gasteiger partial charge in [-0.05, 0) is 49.9 Å². The molecule has 3 fully saturated rings. The van der Waals surface area contributed by atoms with E-state index in [4.69, 9.17) is 4.99 Å². The van der Waals surface area contributed by atoms with Gasteiger partial charge in [0.15, 0.2) is 5.17 Å². The molecular formula is C17H30N2S. The lowest BCUT2D eigenvalue weighted by molar-refractivity contribution is 0.226. The van der Waals surface area contributed by atoms with E-state index in [9.17, 15) is 0 Å². The van der Waals surface area contributed by atoms with Gasteiger partial charge in [-0.15, -0.1) is 0 Å². The van der Waals surface area contributed by atoms with Crippen molar-refractivity contribution in [2.24, 2.45) is 16.3 Å². The highest BCUT2D eigenvalue weighted by Gasteiger charge is 2.39. The Morgan fingerprint density at radius 1 is 1.15 bits per heavy atom. The second-order valence-corrected chi connectivity index (χ2v) is 8.83. The van der Waals surface area contributed by atoms with E-state index in [1.807, 2.05) is 11.8 Å². The SMILES string of the molecule is CC1CCC2(CC1)CSC(=NCC1(C)CCCCC1)N2. The van der Waals surface area contributed by atoms with Crippen LogP contribution >= 0.6 is 11.8 Å². The highest BCUT2D eigenvalue weighted by Crippen LogP contribution is 2.39. The van der Waals surface area contributed by atoms with Gasteiger partial charge in [-0.3, -0.25) is 4.99 Å². The van der Waals surface area contributed by atoms with Gasteiger partial charge in [-0.1, -0.05) is 44.9 Å². The lowest BCUT2D eigenvalue weighted by atomic mass is 9.76. The second-order valence-electron chi connectivity index (χ2n) is 7.87. The molecule has 2 saturated carbocycles. The molecule has 1 spiro atoms. The van der Waals surface area contributed by atoms with Crippen molar-refractivity contribution in [3.8, 4) is 0 Å². The maximum atomic E-state index is 4.96. The van der Waals surface area contributed by atoms with Crippen LogP contribution < -0.4 is 5.32 Å². The van der Waals surface area contributed by atoms with Crippen molar-refractivity contribution >= 4 is 16.9 Å². The molecule has 1 saturated heterocycles. The zero-order valence-electron chi connectivity index (χ0n) is 13.2. The summed E-state index contributed by atoms with van der Waals surface area (Å²) in [6, 6.07) is 0. The van der Waals surface area contributed by atoms with Crippen LogP contribution in [0.4, 0.5) is 0 Å². The summed E-state index contributed by atoms with van der Waals surface area (Å²) in [4.78, 5) is 4.96. The second kappa shape index (κ2) is 5.90. The summed E-state index contributed by atoms with van der Waals surface area (Å²) in [5.41, 5.74) is 0.869. The summed E-state index contributed by atoms with van der Waals surface area (Å²) in [6.07, 6.45) is 12.5. The van der Waals surface area contributed by atoms with E-state index in [2.05, 4.69) is 19.2 Å². The number of hydrogen-bond donors (Lipinski definition) is 1. The van der Waals surface area contributed by atoms with Gasteiger partial charge >= 0.3 is 0 Å². The molecule has 1 aliphatic heterocycles. The maximum Gasteiger partial charge on any atom is 0.157 e. The molecule has 1 N–H and O–H groups in total. The minimum absolute atomic E-state index is 0.392. The number of nitrogens with one attached hydrogen (secondary N) is 1. The molecule has 1 heterocycles. The van der Waals surface area contributed by atoms with Crippen LogP contribution in [0.3, 0.4) is 0 Å². The number of nitrogens with zero attached hydrogens (tertiary/aromatic N) is 1. The predicted molar refractivity (Wildman–Crippen MR) is 89.5 cm³/mol. The molecule has 3 rings (SSSR count). The Labute approximate surface area is 128 Å². The number of hydrogen-bond acceptors (Lipinski definition) is 2. The Balaban J connectivity index is 1.55. The van der Waals surface area contributed by atoms with Gasteiger partial charge in [-0.25, -0.2) is 0 Å². The summed E-state index contributed by atoms with van der Waals surface area (Å²) in [5.74, 6) is 2.17. The quantitative estimate of drug-likeness (QED) is 0.805. The molecule has 3 heteroatoms. The molecule has 0 unspecified atom stereocenters. The topological polar surface area (TPSA) is 24.4 Å². The van der Waals surface area contributed by atoms with E-state index >= 15 is 0 Å². The first-order valence-corrected chi connectivity index (χ1v) is 9.53. The van der Waals surface area contributed by atoms with Crippen LogP contribution in [0.15, 0.2) is 4.99 Å². The van der Waals surface area contributed by atoms with Crippen LogP contribution in [-0.2, 0) is 0 Å². The van der Waals surface area contributed by atoms with E-state index in [1.54, 1.807) is 0 Å². The third-order valence-corrected chi connectivity index (χ3v) is 6.96. The average Bonchev–Trinajstić information content (AvgIpc) is 2.85. The van der Waals surface area contributed by atoms with Crippen LogP contribution in [0.5, 0.6) is 0 Å². The summed E-state index contributed by atoms with van der Waals surface area (Å²) < 4.78 is 0. The summed E-state index contributed by atoms with van der Waals surface area (Å²) in [6.45, 7) is 5.87. The molecule has 0 amide bonds. The molecule has 0 aromatic rings. The Bertz CT molecular complexity index is 363. The van der Waals surface area contributed by atoms with Crippen molar-refractivity contribution in [2.75, 3.05) is 12.3 Å². The molecule has 0 atom stereocenters. The highest BCUT2D eigenvalue weighted by molar-refractivity contribution is 8.14. The van der Waals surface area contributed by atoms with Crippen LogP contribution in [-0.4, -0.2) is 23.0 Å². The zero-order valence-corrected chi connectivity index (χ0v) is 14.0. The number of aliphatic imine (C=N–C) groups is 1. The van der Waals surface area contributed by atoms with Crippen LogP contribution in [0.1, 0.15) is 71.6 Å². The molecule has 0 aromatic heterocycles. The fourth-order valence-electron chi connectivity index (χ4n) is 4.00. The minimum Gasteiger partial charge on any atom is -0.359 e. The van der Waals surface area contributed by atoms with Crippen LogP contribution in [0.25, 0.3) is 0 Å². The Kier molecular flexibility index (Phi) is 4.35. The fraction of sp³-hybridized carbons (Fsp3) is 0.941. The van der Waals surface area contributed by atoms with Crippen molar-refractivity contribution < 1.29 is 0 Å².